The molecule has 0 atom stereocenters. The molecule has 0 saturated carbocycles. The maximum atomic E-state index is 12.4. The van der Waals surface area contributed by atoms with Gasteiger partial charge in [0.2, 0.25) is 5.91 Å². The zero-order valence-electron chi connectivity index (χ0n) is 15.6. The van der Waals surface area contributed by atoms with E-state index in [1.54, 1.807) is 7.11 Å². The number of rotatable bonds is 6. The van der Waals surface area contributed by atoms with Crippen molar-refractivity contribution in [3.05, 3.63) is 59.7 Å². The van der Waals surface area contributed by atoms with Gasteiger partial charge in [0.05, 0.1) is 7.11 Å². The number of nitrogens with one attached hydrogen (secondary N) is 1. The molecule has 2 aromatic carbocycles. The number of carbonyl (C=O) groups excluding carboxylic acids is 1. The van der Waals surface area contributed by atoms with Crippen molar-refractivity contribution in [2.24, 2.45) is 10.7 Å². The minimum atomic E-state index is 0.180. The van der Waals surface area contributed by atoms with Gasteiger partial charge in [-0.05, 0) is 36.1 Å². The van der Waals surface area contributed by atoms with Crippen LogP contribution in [0.5, 0.6) is 5.75 Å². The van der Waals surface area contributed by atoms with Gasteiger partial charge in [-0.2, -0.15) is 0 Å². The van der Waals surface area contributed by atoms with Crippen molar-refractivity contribution in [1.82, 2.24) is 4.90 Å². The Hall–Kier alpha value is -3.02. The van der Waals surface area contributed by atoms with Crippen molar-refractivity contribution >= 4 is 17.6 Å². The van der Waals surface area contributed by atoms with Crippen LogP contribution < -0.4 is 15.8 Å². The van der Waals surface area contributed by atoms with Crippen LogP contribution in [-0.4, -0.2) is 37.0 Å². The maximum absolute atomic E-state index is 12.4. The predicted octanol–water partition coefficient (Wildman–Crippen LogP) is 2.79. The summed E-state index contributed by atoms with van der Waals surface area (Å²) >= 11 is 0. The number of methoxy groups -OCH3 is 1. The summed E-state index contributed by atoms with van der Waals surface area (Å²) in [4.78, 5) is 18.7. The van der Waals surface area contributed by atoms with Gasteiger partial charge in [-0.3, -0.25) is 9.79 Å². The van der Waals surface area contributed by atoms with E-state index in [9.17, 15) is 4.79 Å². The van der Waals surface area contributed by atoms with Crippen molar-refractivity contribution in [3.8, 4) is 5.75 Å². The number of fused-ring (bicyclic) bond motifs is 1. The molecule has 0 fully saturated rings. The standard InChI is InChI=1S/C21H26N4O2/c1-27-19-9-4-8-18(14-19)24-21(22)23-12-5-10-20(26)25-13-11-16-6-2-3-7-17(16)15-25/h2-4,6-9,14H,5,10-13,15H2,1H3,(H3,22,23,24). The molecule has 3 N–H and O–H groups in total. The lowest BCUT2D eigenvalue weighted by Gasteiger charge is -2.28. The number of hydrogen-bond acceptors (Lipinski definition) is 3. The molecule has 0 bridgehead atoms. The van der Waals surface area contributed by atoms with Crippen LogP contribution in [-0.2, 0) is 17.8 Å². The summed E-state index contributed by atoms with van der Waals surface area (Å²) in [6, 6.07) is 15.8. The molecular formula is C21H26N4O2. The van der Waals surface area contributed by atoms with E-state index >= 15 is 0 Å². The summed E-state index contributed by atoms with van der Waals surface area (Å²) in [6.45, 7) is 2.01. The second kappa shape index (κ2) is 9.07. The van der Waals surface area contributed by atoms with E-state index in [4.69, 9.17) is 10.5 Å². The normalized spacial score (nSPS) is 13.8. The molecule has 1 amide bonds. The zero-order valence-corrected chi connectivity index (χ0v) is 15.6. The van der Waals surface area contributed by atoms with Gasteiger partial charge in [0.25, 0.3) is 0 Å². The maximum Gasteiger partial charge on any atom is 0.222 e. The first-order chi connectivity index (χ1) is 13.2. The molecule has 3 rings (SSSR count). The lowest BCUT2D eigenvalue weighted by atomic mass is 9.99. The highest BCUT2D eigenvalue weighted by atomic mass is 16.5. The highest BCUT2D eigenvalue weighted by molar-refractivity contribution is 5.92. The zero-order chi connectivity index (χ0) is 19.1. The fourth-order valence-electron chi connectivity index (χ4n) is 3.18. The highest BCUT2D eigenvalue weighted by Crippen LogP contribution is 2.19. The Balaban J connectivity index is 1.42. The molecule has 1 heterocycles. The topological polar surface area (TPSA) is 80.0 Å². The second-order valence-corrected chi connectivity index (χ2v) is 6.56. The first-order valence-corrected chi connectivity index (χ1v) is 9.21. The van der Waals surface area contributed by atoms with E-state index in [0.717, 1.165) is 24.4 Å². The smallest absolute Gasteiger partial charge is 0.222 e. The van der Waals surface area contributed by atoms with Crippen LogP contribution in [0.25, 0.3) is 0 Å². The molecule has 6 heteroatoms. The summed E-state index contributed by atoms with van der Waals surface area (Å²) in [5.74, 6) is 1.27. The monoisotopic (exact) mass is 366 g/mol. The fourth-order valence-corrected chi connectivity index (χ4v) is 3.18. The Bertz CT molecular complexity index is 819. The van der Waals surface area contributed by atoms with Gasteiger partial charge in [-0.15, -0.1) is 0 Å². The van der Waals surface area contributed by atoms with Crippen LogP contribution >= 0.6 is 0 Å². The molecule has 0 aromatic heterocycles. The lowest BCUT2D eigenvalue weighted by Crippen LogP contribution is -2.35. The van der Waals surface area contributed by atoms with Gasteiger partial charge in [-0.25, -0.2) is 0 Å². The van der Waals surface area contributed by atoms with Crippen LogP contribution in [0.15, 0.2) is 53.5 Å². The number of benzene rings is 2. The van der Waals surface area contributed by atoms with Gasteiger partial charge >= 0.3 is 0 Å². The molecule has 0 radical (unpaired) electrons. The van der Waals surface area contributed by atoms with Gasteiger partial charge < -0.3 is 20.7 Å². The molecule has 27 heavy (non-hydrogen) atoms. The molecule has 0 spiro atoms. The van der Waals surface area contributed by atoms with E-state index in [-0.39, 0.29) is 5.91 Å². The molecular weight excluding hydrogens is 340 g/mol. The SMILES string of the molecule is COc1cccc(NC(N)=NCCCC(=O)N2CCc3ccccc3C2)c1. The summed E-state index contributed by atoms with van der Waals surface area (Å²) in [7, 11) is 1.62. The van der Waals surface area contributed by atoms with Gasteiger partial charge in [0, 0.05) is 37.8 Å². The third-order valence-corrected chi connectivity index (χ3v) is 4.66. The Morgan fingerprint density at radius 3 is 2.85 bits per heavy atom. The summed E-state index contributed by atoms with van der Waals surface area (Å²) in [5, 5.41) is 3.03. The number of aliphatic imine (C=N–C) groups is 1. The molecule has 0 saturated heterocycles. The molecule has 6 nitrogen and oxygen atoms in total. The third kappa shape index (κ3) is 5.23. The molecule has 142 valence electrons. The number of guanidine groups is 1. The average molecular weight is 366 g/mol. The van der Waals surface area contributed by atoms with Gasteiger partial charge in [0.15, 0.2) is 5.96 Å². The predicted molar refractivity (Wildman–Crippen MR) is 108 cm³/mol. The minimum absolute atomic E-state index is 0.180. The number of carbonyl (C=O) groups is 1. The summed E-state index contributed by atoms with van der Waals surface area (Å²) in [5.41, 5.74) is 9.33. The van der Waals surface area contributed by atoms with E-state index in [2.05, 4.69) is 28.5 Å². The fraction of sp³-hybridized carbons (Fsp3) is 0.333. The van der Waals surface area contributed by atoms with Crippen molar-refractivity contribution in [3.63, 3.8) is 0 Å². The quantitative estimate of drug-likeness (QED) is 0.468. The second-order valence-electron chi connectivity index (χ2n) is 6.56. The van der Waals surface area contributed by atoms with Crippen molar-refractivity contribution < 1.29 is 9.53 Å². The molecule has 0 aliphatic carbocycles. The van der Waals surface area contributed by atoms with E-state index in [1.807, 2.05) is 35.2 Å². The number of amides is 1. The largest absolute Gasteiger partial charge is 0.497 e. The van der Waals surface area contributed by atoms with E-state index < -0.39 is 0 Å². The van der Waals surface area contributed by atoms with Gasteiger partial charge in [0.1, 0.15) is 5.75 Å². The van der Waals surface area contributed by atoms with Crippen LogP contribution in [0.3, 0.4) is 0 Å². The Labute approximate surface area is 160 Å². The highest BCUT2D eigenvalue weighted by Gasteiger charge is 2.19. The van der Waals surface area contributed by atoms with Crippen LogP contribution in [0.2, 0.25) is 0 Å². The Kier molecular flexibility index (Phi) is 6.30. The van der Waals surface area contributed by atoms with E-state index in [1.165, 1.54) is 11.1 Å². The minimum Gasteiger partial charge on any atom is -0.497 e. The number of ether oxygens (including phenoxy) is 1. The molecule has 1 aliphatic rings. The Morgan fingerprint density at radius 2 is 2.04 bits per heavy atom. The Morgan fingerprint density at radius 1 is 1.22 bits per heavy atom. The van der Waals surface area contributed by atoms with E-state index in [0.29, 0.717) is 31.9 Å². The van der Waals surface area contributed by atoms with Crippen LogP contribution in [0.4, 0.5) is 5.69 Å². The number of anilines is 1. The summed E-state index contributed by atoms with van der Waals surface area (Å²) in [6.07, 6.45) is 2.09. The van der Waals surface area contributed by atoms with Crippen LogP contribution in [0.1, 0.15) is 24.0 Å². The number of nitrogens with two attached hydrogens (primary N) is 1. The summed E-state index contributed by atoms with van der Waals surface area (Å²) < 4.78 is 5.18. The van der Waals surface area contributed by atoms with Crippen molar-refractivity contribution in [2.75, 3.05) is 25.5 Å². The molecule has 0 unspecified atom stereocenters. The molecule has 2 aromatic rings. The van der Waals surface area contributed by atoms with Crippen LogP contribution in [0, 0.1) is 0 Å². The first kappa shape index (κ1) is 18.8. The average Bonchev–Trinajstić information content (AvgIpc) is 2.70. The number of nitrogens with zero attached hydrogens (tertiary/aromatic N) is 2. The van der Waals surface area contributed by atoms with Gasteiger partial charge in [-0.1, -0.05) is 30.3 Å². The number of hydrogen-bond donors (Lipinski definition) is 2. The van der Waals surface area contributed by atoms with Crippen molar-refractivity contribution in [2.45, 2.75) is 25.8 Å². The first-order valence-electron chi connectivity index (χ1n) is 9.21. The lowest BCUT2D eigenvalue weighted by molar-refractivity contribution is -0.132. The molecule has 1 aliphatic heterocycles. The third-order valence-electron chi connectivity index (χ3n) is 4.66. The van der Waals surface area contributed by atoms with Crippen molar-refractivity contribution in [1.29, 1.82) is 0 Å².